The van der Waals surface area contributed by atoms with Crippen LogP contribution in [0.5, 0.6) is 0 Å². The van der Waals surface area contributed by atoms with E-state index in [1.54, 1.807) is 0 Å². The molecule has 1 rings (SSSR count). The van der Waals surface area contributed by atoms with Crippen LogP contribution in [0.1, 0.15) is 17.2 Å². The molecule has 20 heavy (non-hydrogen) atoms. The van der Waals surface area contributed by atoms with Gasteiger partial charge in [0.25, 0.3) is 0 Å². The first-order chi connectivity index (χ1) is 8.78. The van der Waals surface area contributed by atoms with Crippen molar-refractivity contribution in [2.24, 2.45) is 5.73 Å². The van der Waals surface area contributed by atoms with Gasteiger partial charge in [-0.2, -0.15) is 35.1 Å². The van der Waals surface area contributed by atoms with Crippen molar-refractivity contribution >= 4 is 15.9 Å². The van der Waals surface area contributed by atoms with Gasteiger partial charge in [-0.1, -0.05) is 15.9 Å². The van der Waals surface area contributed by atoms with Crippen LogP contribution in [0.3, 0.4) is 0 Å². The van der Waals surface area contributed by atoms with Crippen molar-refractivity contribution in [1.29, 1.82) is 0 Å². The highest BCUT2D eigenvalue weighted by Gasteiger charge is 2.62. The zero-order valence-corrected chi connectivity index (χ0v) is 10.9. The molecule has 10 heteroatoms. The van der Waals surface area contributed by atoms with Crippen LogP contribution in [0.2, 0.25) is 0 Å². The minimum atomic E-state index is -5.97. The molecule has 0 amide bonds. The van der Waals surface area contributed by atoms with Gasteiger partial charge in [-0.25, -0.2) is 0 Å². The SMILES string of the molecule is N[C@@H](c1cc(C(F)(F)F)ccc1Br)C(F)(F)C(F)(F)F. The largest absolute Gasteiger partial charge is 0.455 e. The van der Waals surface area contributed by atoms with Crippen LogP contribution >= 0.6 is 15.9 Å². The quantitative estimate of drug-likeness (QED) is 0.751. The molecule has 0 spiro atoms. The van der Waals surface area contributed by atoms with Gasteiger partial charge >= 0.3 is 18.3 Å². The molecular weight excluding hydrogens is 366 g/mol. The lowest BCUT2D eigenvalue weighted by Crippen LogP contribution is -2.46. The molecule has 0 aliphatic carbocycles. The average molecular weight is 372 g/mol. The van der Waals surface area contributed by atoms with E-state index in [1.807, 2.05) is 0 Å². The maximum absolute atomic E-state index is 13.1. The van der Waals surface area contributed by atoms with Crippen molar-refractivity contribution in [1.82, 2.24) is 0 Å². The molecule has 0 unspecified atom stereocenters. The van der Waals surface area contributed by atoms with E-state index >= 15 is 0 Å². The highest BCUT2D eigenvalue weighted by molar-refractivity contribution is 9.10. The molecule has 0 aromatic heterocycles. The minimum Gasteiger partial charge on any atom is -0.319 e. The van der Waals surface area contributed by atoms with Crippen LogP contribution in [0.4, 0.5) is 35.1 Å². The topological polar surface area (TPSA) is 26.0 Å². The summed E-state index contributed by atoms with van der Waals surface area (Å²) >= 11 is 2.61. The molecule has 1 aromatic rings. The van der Waals surface area contributed by atoms with Crippen LogP contribution in [-0.4, -0.2) is 12.1 Å². The van der Waals surface area contributed by atoms with Crippen LogP contribution in [0, 0.1) is 0 Å². The Morgan fingerprint density at radius 3 is 1.85 bits per heavy atom. The summed E-state index contributed by atoms with van der Waals surface area (Å²) in [6.45, 7) is 0. The van der Waals surface area contributed by atoms with Gasteiger partial charge in [0, 0.05) is 4.47 Å². The molecule has 0 saturated heterocycles. The molecule has 0 fully saturated rings. The van der Waals surface area contributed by atoms with E-state index in [9.17, 15) is 35.1 Å². The Labute approximate surface area is 115 Å². The zero-order chi connectivity index (χ0) is 15.9. The molecule has 1 nitrogen and oxygen atoms in total. The highest BCUT2D eigenvalue weighted by atomic mass is 79.9. The number of nitrogens with two attached hydrogens (primary N) is 1. The Bertz CT molecular complexity index is 493. The molecule has 1 aromatic carbocycles. The first kappa shape index (κ1) is 17.2. The fourth-order valence-corrected chi connectivity index (χ4v) is 1.82. The molecule has 0 radical (unpaired) electrons. The van der Waals surface area contributed by atoms with Crippen LogP contribution < -0.4 is 5.73 Å². The molecule has 114 valence electrons. The predicted molar refractivity (Wildman–Crippen MR) is 57.1 cm³/mol. The Kier molecular flexibility index (Phi) is 4.41. The van der Waals surface area contributed by atoms with E-state index in [4.69, 9.17) is 5.73 Å². The van der Waals surface area contributed by atoms with E-state index in [-0.39, 0.29) is 10.5 Å². The number of halogens is 9. The second kappa shape index (κ2) is 5.14. The summed E-state index contributed by atoms with van der Waals surface area (Å²) in [6.07, 6.45) is -10.9. The second-order valence-corrected chi connectivity index (χ2v) is 4.69. The summed E-state index contributed by atoms with van der Waals surface area (Å²) in [5, 5.41) is 0. The summed E-state index contributed by atoms with van der Waals surface area (Å²) in [6, 6.07) is -1.55. The minimum absolute atomic E-state index is 0.161. The summed E-state index contributed by atoms with van der Waals surface area (Å²) in [5.74, 6) is -5.36. The zero-order valence-electron chi connectivity index (χ0n) is 9.29. The number of hydrogen-bond donors (Lipinski definition) is 1. The van der Waals surface area contributed by atoms with E-state index < -0.39 is 35.4 Å². The third-order valence-electron chi connectivity index (χ3n) is 2.43. The third kappa shape index (κ3) is 3.22. The summed E-state index contributed by atoms with van der Waals surface area (Å²) < 4.78 is 99.5. The van der Waals surface area contributed by atoms with E-state index in [0.29, 0.717) is 12.1 Å². The summed E-state index contributed by atoms with van der Waals surface area (Å²) in [4.78, 5) is 0. The second-order valence-electron chi connectivity index (χ2n) is 3.83. The van der Waals surface area contributed by atoms with Gasteiger partial charge in [-0.3, -0.25) is 0 Å². The molecule has 2 N–H and O–H groups in total. The fraction of sp³-hybridized carbons (Fsp3) is 0.400. The van der Waals surface area contributed by atoms with Gasteiger partial charge < -0.3 is 5.73 Å². The van der Waals surface area contributed by atoms with Crippen molar-refractivity contribution < 1.29 is 35.1 Å². The van der Waals surface area contributed by atoms with Gasteiger partial charge in [0.05, 0.1) is 5.56 Å². The molecule has 0 bridgehead atoms. The highest BCUT2D eigenvalue weighted by Crippen LogP contribution is 2.45. The lowest BCUT2D eigenvalue weighted by Gasteiger charge is -2.27. The first-order valence-electron chi connectivity index (χ1n) is 4.85. The molecule has 1 atom stereocenters. The van der Waals surface area contributed by atoms with Crippen molar-refractivity contribution in [3.63, 3.8) is 0 Å². The van der Waals surface area contributed by atoms with Gasteiger partial charge in [0.15, 0.2) is 0 Å². The third-order valence-corrected chi connectivity index (χ3v) is 3.15. The standard InChI is InChI=1S/C10H6BrF8N/c11-6-2-1-4(9(14,15)16)3-5(6)7(20)8(12,13)10(17,18)19/h1-3,7H,20H2/t7-/m0/s1. The monoisotopic (exact) mass is 371 g/mol. The average Bonchev–Trinajstić information content (AvgIpc) is 2.25. The van der Waals surface area contributed by atoms with Gasteiger partial charge in [0.1, 0.15) is 6.04 Å². The summed E-state index contributed by atoms with van der Waals surface area (Å²) in [5.41, 5.74) is 2.45. The van der Waals surface area contributed by atoms with Crippen molar-refractivity contribution in [3.05, 3.63) is 33.8 Å². The van der Waals surface area contributed by atoms with Crippen molar-refractivity contribution in [2.45, 2.75) is 24.3 Å². The molecule has 0 aliphatic heterocycles. The van der Waals surface area contributed by atoms with Crippen LogP contribution in [0.15, 0.2) is 22.7 Å². The van der Waals surface area contributed by atoms with Gasteiger partial charge in [0.2, 0.25) is 0 Å². The van der Waals surface area contributed by atoms with E-state index in [2.05, 4.69) is 15.9 Å². The smallest absolute Gasteiger partial charge is 0.319 e. The lowest BCUT2D eigenvalue weighted by atomic mass is 9.99. The molecule has 0 heterocycles. The van der Waals surface area contributed by atoms with Crippen LogP contribution in [0.25, 0.3) is 0 Å². The number of hydrogen-bond acceptors (Lipinski definition) is 1. The number of rotatable bonds is 2. The maximum Gasteiger partial charge on any atom is 0.455 e. The van der Waals surface area contributed by atoms with E-state index in [0.717, 1.165) is 0 Å². The van der Waals surface area contributed by atoms with E-state index in [1.165, 1.54) is 0 Å². The maximum atomic E-state index is 13.1. The molecular formula is C10H6BrF8N. The van der Waals surface area contributed by atoms with Crippen molar-refractivity contribution in [2.75, 3.05) is 0 Å². The van der Waals surface area contributed by atoms with Crippen LogP contribution in [-0.2, 0) is 6.18 Å². The Morgan fingerprint density at radius 1 is 0.950 bits per heavy atom. The number of alkyl halides is 8. The normalized spacial score (nSPS) is 15.3. The van der Waals surface area contributed by atoms with Gasteiger partial charge in [-0.15, -0.1) is 0 Å². The first-order valence-corrected chi connectivity index (χ1v) is 5.64. The lowest BCUT2D eigenvalue weighted by molar-refractivity contribution is -0.291. The predicted octanol–water partition coefficient (Wildman–Crippen LogP) is 4.67. The van der Waals surface area contributed by atoms with Crippen molar-refractivity contribution in [3.8, 4) is 0 Å². The molecule has 0 saturated carbocycles. The van der Waals surface area contributed by atoms with Gasteiger partial charge in [-0.05, 0) is 23.8 Å². The Balaban J connectivity index is 3.33. The Morgan fingerprint density at radius 2 is 1.45 bits per heavy atom. The Hall–Kier alpha value is -0.900. The molecule has 0 aliphatic rings. The number of benzene rings is 1. The fourth-order valence-electron chi connectivity index (χ4n) is 1.33. The summed E-state index contributed by atoms with van der Waals surface area (Å²) in [7, 11) is 0.